The molecule has 0 atom stereocenters. The Morgan fingerprint density at radius 2 is 2.33 bits per heavy atom. The highest BCUT2D eigenvalue weighted by Gasteiger charge is 2.07. The second-order valence-electron chi connectivity index (χ2n) is 2.00. The molecule has 0 aliphatic carbocycles. The second-order valence-corrected chi connectivity index (χ2v) is 2.65. The molecular weight excluding hydrogens is 178 g/mol. The minimum absolute atomic E-state index is 0.403. The minimum Gasteiger partial charge on any atom is -0.488 e. The van der Waals surface area contributed by atoms with E-state index in [1.807, 2.05) is 0 Å². The number of aromatic nitrogens is 3. The van der Waals surface area contributed by atoms with Crippen LogP contribution >= 0.6 is 11.8 Å². The zero-order chi connectivity index (χ0) is 9.14. The number of hydrogen-bond acceptors (Lipinski definition) is 5. The zero-order valence-corrected chi connectivity index (χ0v) is 7.34. The van der Waals surface area contributed by atoms with Crippen molar-refractivity contribution in [2.75, 3.05) is 0 Å². The van der Waals surface area contributed by atoms with Gasteiger partial charge in [-0.1, -0.05) is 11.8 Å². The summed E-state index contributed by atoms with van der Waals surface area (Å²) in [5.74, 6) is -0.574. The summed E-state index contributed by atoms with van der Waals surface area (Å²) in [5.41, 5.74) is -0.529. The molecule has 1 N–H and O–H groups in total. The quantitative estimate of drug-likeness (QED) is 0.670. The molecule has 0 saturated heterocycles. The van der Waals surface area contributed by atoms with Crippen molar-refractivity contribution in [1.82, 2.24) is 14.8 Å². The van der Waals surface area contributed by atoms with Crippen LogP contribution in [0.25, 0.3) is 0 Å². The van der Waals surface area contributed by atoms with Gasteiger partial charge in [0.15, 0.2) is 5.16 Å². The van der Waals surface area contributed by atoms with E-state index in [2.05, 4.69) is 16.5 Å². The summed E-state index contributed by atoms with van der Waals surface area (Å²) in [4.78, 5) is 11.1. The molecule has 0 aliphatic rings. The number of aromatic hydroxyl groups is 1. The van der Waals surface area contributed by atoms with E-state index in [0.717, 1.165) is 11.8 Å². The van der Waals surface area contributed by atoms with Gasteiger partial charge >= 0.3 is 5.56 Å². The maximum Gasteiger partial charge on any atom is 0.316 e. The van der Waals surface area contributed by atoms with Crippen LogP contribution in [-0.4, -0.2) is 19.9 Å². The summed E-state index contributed by atoms with van der Waals surface area (Å²) in [5, 5.41) is 16.2. The van der Waals surface area contributed by atoms with Crippen LogP contribution in [0.15, 0.2) is 9.95 Å². The molecule has 0 aromatic carbocycles. The van der Waals surface area contributed by atoms with E-state index in [4.69, 9.17) is 5.11 Å². The minimum atomic E-state index is -0.574. The number of rotatable bonds is 2. The Bertz CT molecular complexity index is 336. The maximum atomic E-state index is 11.1. The van der Waals surface area contributed by atoms with Crippen molar-refractivity contribution in [2.45, 2.75) is 18.6 Å². The highest BCUT2D eigenvalue weighted by molar-refractivity contribution is 8.00. The Kier molecular flexibility index (Phi) is 2.69. The summed E-state index contributed by atoms with van der Waals surface area (Å²) in [6.45, 7) is 2.22. The predicted octanol–water partition coefficient (Wildman–Crippen LogP) is 0.247. The Morgan fingerprint density at radius 1 is 1.67 bits per heavy atom. The van der Waals surface area contributed by atoms with Crippen LogP contribution in [0, 0.1) is 6.26 Å². The SMILES string of the molecule is [CH2]Sc1nnc(O)c(=O)n1CC. The van der Waals surface area contributed by atoms with Gasteiger partial charge in [0.25, 0.3) is 5.88 Å². The van der Waals surface area contributed by atoms with Gasteiger partial charge in [-0.25, -0.2) is 0 Å². The first-order chi connectivity index (χ1) is 5.70. The number of hydrogen-bond donors (Lipinski definition) is 1. The average Bonchev–Trinajstić information content (AvgIpc) is 2.09. The van der Waals surface area contributed by atoms with Crippen molar-refractivity contribution in [2.24, 2.45) is 0 Å². The lowest BCUT2D eigenvalue weighted by atomic mass is 10.6. The van der Waals surface area contributed by atoms with Crippen molar-refractivity contribution in [3.8, 4) is 5.88 Å². The largest absolute Gasteiger partial charge is 0.488 e. The van der Waals surface area contributed by atoms with Crippen LogP contribution in [0.4, 0.5) is 0 Å². The molecule has 0 amide bonds. The van der Waals surface area contributed by atoms with Crippen molar-refractivity contribution in [1.29, 1.82) is 0 Å². The zero-order valence-electron chi connectivity index (χ0n) is 6.52. The third kappa shape index (κ3) is 1.42. The smallest absolute Gasteiger partial charge is 0.316 e. The van der Waals surface area contributed by atoms with Crippen LogP contribution in [0.1, 0.15) is 6.92 Å². The molecule has 1 rings (SSSR count). The molecule has 1 radical (unpaired) electrons. The highest BCUT2D eigenvalue weighted by atomic mass is 32.2. The van der Waals surface area contributed by atoms with Crippen molar-refractivity contribution in [3.63, 3.8) is 0 Å². The Hall–Kier alpha value is -1.04. The second kappa shape index (κ2) is 3.57. The molecule has 65 valence electrons. The van der Waals surface area contributed by atoms with Gasteiger partial charge in [0.05, 0.1) is 0 Å². The summed E-state index contributed by atoms with van der Waals surface area (Å²) in [7, 11) is 0. The first kappa shape index (κ1) is 9.05. The Morgan fingerprint density at radius 3 is 2.83 bits per heavy atom. The first-order valence-electron chi connectivity index (χ1n) is 3.29. The van der Waals surface area contributed by atoms with Gasteiger partial charge in [0.1, 0.15) is 0 Å². The molecule has 1 heterocycles. The molecule has 0 spiro atoms. The molecule has 12 heavy (non-hydrogen) atoms. The maximum absolute atomic E-state index is 11.1. The van der Waals surface area contributed by atoms with E-state index in [1.165, 1.54) is 4.57 Å². The van der Waals surface area contributed by atoms with Gasteiger partial charge in [-0.3, -0.25) is 9.36 Å². The van der Waals surface area contributed by atoms with Crippen LogP contribution in [0.3, 0.4) is 0 Å². The standard InChI is InChI=1S/C6H8N3O2S/c1-3-9-5(11)4(10)7-8-6(9)12-2/h2-3H2,1H3,(H,7,10). The molecule has 0 unspecified atom stereocenters. The lowest BCUT2D eigenvalue weighted by molar-refractivity contribution is 0.410. The normalized spacial score (nSPS) is 10.2. The van der Waals surface area contributed by atoms with Gasteiger partial charge in [-0.15, -0.1) is 10.2 Å². The lowest BCUT2D eigenvalue weighted by Gasteiger charge is -2.04. The number of nitrogens with zero attached hydrogens (tertiary/aromatic N) is 3. The molecule has 6 heteroatoms. The van der Waals surface area contributed by atoms with E-state index in [-0.39, 0.29) is 0 Å². The van der Waals surface area contributed by atoms with Crippen LogP contribution in [0.2, 0.25) is 0 Å². The van der Waals surface area contributed by atoms with E-state index < -0.39 is 11.4 Å². The molecule has 0 aliphatic heterocycles. The van der Waals surface area contributed by atoms with Gasteiger partial charge in [0, 0.05) is 12.8 Å². The monoisotopic (exact) mass is 186 g/mol. The molecular formula is C6H8N3O2S. The van der Waals surface area contributed by atoms with Gasteiger partial charge in [-0.05, 0) is 6.92 Å². The summed E-state index contributed by atoms with van der Waals surface area (Å²) >= 11 is 1.07. The van der Waals surface area contributed by atoms with Crippen molar-refractivity contribution < 1.29 is 5.11 Å². The fraction of sp³-hybridized carbons (Fsp3) is 0.333. The van der Waals surface area contributed by atoms with Crippen molar-refractivity contribution >= 4 is 11.8 Å². The summed E-state index contributed by atoms with van der Waals surface area (Å²) < 4.78 is 1.31. The van der Waals surface area contributed by atoms with Crippen LogP contribution in [-0.2, 0) is 6.54 Å². The van der Waals surface area contributed by atoms with Crippen molar-refractivity contribution in [3.05, 3.63) is 16.6 Å². The van der Waals surface area contributed by atoms with Gasteiger partial charge in [0.2, 0.25) is 0 Å². The fourth-order valence-corrected chi connectivity index (χ4v) is 1.25. The number of thioether (sulfide) groups is 1. The topological polar surface area (TPSA) is 68.0 Å². The van der Waals surface area contributed by atoms with E-state index in [9.17, 15) is 4.79 Å². The fourth-order valence-electron chi connectivity index (χ4n) is 0.780. The molecule has 0 bridgehead atoms. The molecule has 0 fully saturated rings. The molecule has 1 aromatic rings. The molecule has 0 saturated carbocycles. The lowest BCUT2D eigenvalue weighted by Crippen LogP contribution is -2.22. The van der Waals surface area contributed by atoms with Gasteiger partial charge < -0.3 is 5.11 Å². The van der Waals surface area contributed by atoms with E-state index in [0.29, 0.717) is 11.7 Å². The molecule has 1 aromatic heterocycles. The first-order valence-corrected chi connectivity index (χ1v) is 4.27. The summed E-state index contributed by atoms with van der Waals surface area (Å²) in [6, 6.07) is 0. The summed E-state index contributed by atoms with van der Waals surface area (Å²) in [6.07, 6.45) is 3.51. The third-order valence-electron chi connectivity index (χ3n) is 1.34. The van der Waals surface area contributed by atoms with Crippen LogP contribution < -0.4 is 5.56 Å². The Balaban J connectivity index is 3.36. The predicted molar refractivity (Wildman–Crippen MR) is 44.8 cm³/mol. The van der Waals surface area contributed by atoms with E-state index in [1.54, 1.807) is 6.92 Å². The third-order valence-corrected chi connectivity index (χ3v) is 1.90. The molecule has 5 nitrogen and oxygen atoms in total. The van der Waals surface area contributed by atoms with Crippen LogP contribution in [0.5, 0.6) is 5.88 Å². The average molecular weight is 186 g/mol. The Labute approximate surface area is 73.4 Å². The highest BCUT2D eigenvalue weighted by Crippen LogP contribution is 2.10. The van der Waals surface area contributed by atoms with E-state index >= 15 is 0 Å². The van der Waals surface area contributed by atoms with Gasteiger partial charge in [-0.2, -0.15) is 0 Å².